The van der Waals surface area contributed by atoms with E-state index in [9.17, 15) is 9.59 Å². The topological polar surface area (TPSA) is 76.7 Å². The highest BCUT2D eigenvalue weighted by Gasteiger charge is 2.19. The first kappa shape index (κ1) is 20.9. The monoisotopic (exact) mass is 436 g/mol. The first-order valence-corrected chi connectivity index (χ1v) is 11.1. The molecule has 1 aromatic heterocycles. The number of rotatable bonds is 7. The molecule has 0 bridgehead atoms. The van der Waals surface area contributed by atoms with Crippen molar-refractivity contribution in [1.29, 1.82) is 0 Å². The lowest BCUT2D eigenvalue weighted by Gasteiger charge is -2.17. The molecule has 2 N–H and O–H groups in total. The molecule has 1 fully saturated rings. The molecule has 0 radical (unpaired) electrons. The Kier molecular flexibility index (Phi) is 6.52. The maximum absolute atomic E-state index is 12.7. The van der Waals surface area contributed by atoms with Crippen LogP contribution in [0.15, 0.2) is 60.0 Å². The van der Waals surface area contributed by atoms with Gasteiger partial charge in [0.2, 0.25) is 0 Å². The normalized spacial score (nSPS) is 13.6. The number of carbonyl (C=O) groups excluding carboxylic acids is 2. The van der Waals surface area contributed by atoms with Crippen molar-refractivity contribution in [3.05, 3.63) is 70.4 Å². The molecule has 0 unspecified atom stereocenters. The van der Waals surface area contributed by atoms with E-state index in [0.717, 1.165) is 12.8 Å². The van der Waals surface area contributed by atoms with Gasteiger partial charge in [-0.05, 0) is 73.5 Å². The predicted octanol–water partition coefficient (Wildman–Crippen LogP) is 5.58. The summed E-state index contributed by atoms with van der Waals surface area (Å²) < 4.78 is 11.5. The van der Waals surface area contributed by atoms with E-state index in [0.29, 0.717) is 33.3 Å². The molecule has 6 nitrogen and oxygen atoms in total. The summed E-state index contributed by atoms with van der Waals surface area (Å²) in [5, 5.41) is 7.57. The van der Waals surface area contributed by atoms with Crippen LogP contribution in [0.25, 0.3) is 0 Å². The molecule has 2 aromatic carbocycles. The number of ether oxygens (including phenoxy) is 2. The Morgan fingerprint density at radius 1 is 0.903 bits per heavy atom. The van der Waals surface area contributed by atoms with Crippen molar-refractivity contribution < 1.29 is 19.1 Å². The van der Waals surface area contributed by atoms with Crippen molar-refractivity contribution in [3.63, 3.8) is 0 Å². The second-order valence-electron chi connectivity index (χ2n) is 7.35. The predicted molar refractivity (Wildman–Crippen MR) is 123 cm³/mol. The molecule has 0 saturated heterocycles. The summed E-state index contributed by atoms with van der Waals surface area (Å²) in [5.74, 6) is 0.878. The quantitative estimate of drug-likeness (QED) is 0.507. The first-order valence-electron chi connectivity index (χ1n) is 10.2. The Morgan fingerprint density at radius 3 is 2.29 bits per heavy atom. The second-order valence-corrected chi connectivity index (χ2v) is 8.30. The highest BCUT2D eigenvalue weighted by Crippen LogP contribution is 2.34. The summed E-state index contributed by atoms with van der Waals surface area (Å²) in [6.07, 6.45) is 4.61. The Balaban J connectivity index is 1.41. The minimum absolute atomic E-state index is 0.166. The number of nitrogens with one attached hydrogen (secondary N) is 2. The van der Waals surface area contributed by atoms with Crippen LogP contribution in [0.5, 0.6) is 11.5 Å². The van der Waals surface area contributed by atoms with Gasteiger partial charge in [0.15, 0.2) is 11.5 Å². The average molecular weight is 437 g/mol. The third kappa shape index (κ3) is 5.24. The number of hydrogen-bond acceptors (Lipinski definition) is 5. The third-order valence-corrected chi connectivity index (χ3v) is 6.04. The van der Waals surface area contributed by atoms with E-state index in [4.69, 9.17) is 9.47 Å². The number of benzene rings is 2. The van der Waals surface area contributed by atoms with E-state index in [-0.39, 0.29) is 17.9 Å². The molecular weight excluding hydrogens is 412 g/mol. The van der Waals surface area contributed by atoms with Crippen LogP contribution >= 0.6 is 11.3 Å². The van der Waals surface area contributed by atoms with Gasteiger partial charge in [0.25, 0.3) is 11.8 Å². The van der Waals surface area contributed by atoms with E-state index in [1.54, 1.807) is 55.6 Å². The lowest BCUT2D eigenvalue weighted by Crippen LogP contribution is -2.14. The van der Waals surface area contributed by atoms with E-state index >= 15 is 0 Å². The van der Waals surface area contributed by atoms with Crippen molar-refractivity contribution in [3.8, 4) is 11.5 Å². The van der Waals surface area contributed by atoms with E-state index < -0.39 is 0 Å². The van der Waals surface area contributed by atoms with Gasteiger partial charge in [-0.2, -0.15) is 0 Å². The molecule has 1 heterocycles. The number of methoxy groups -OCH3 is 1. The summed E-state index contributed by atoms with van der Waals surface area (Å²) in [4.78, 5) is 25.5. The summed E-state index contributed by atoms with van der Waals surface area (Å²) >= 11 is 1.38. The summed E-state index contributed by atoms with van der Waals surface area (Å²) in [7, 11) is 1.61. The largest absolute Gasteiger partial charge is 0.493 e. The molecule has 3 aromatic rings. The summed E-state index contributed by atoms with van der Waals surface area (Å²) in [6.45, 7) is 0. The summed E-state index contributed by atoms with van der Waals surface area (Å²) in [5.41, 5.74) is 1.75. The minimum atomic E-state index is -0.242. The van der Waals surface area contributed by atoms with Gasteiger partial charge in [-0.1, -0.05) is 6.07 Å². The van der Waals surface area contributed by atoms with Crippen LogP contribution in [0.4, 0.5) is 11.4 Å². The fourth-order valence-corrected chi connectivity index (χ4v) is 4.16. The zero-order valence-corrected chi connectivity index (χ0v) is 18.0. The van der Waals surface area contributed by atoms with Crippen molar-refractivity contribution >= 4 is 34.5 Å². The fourth-order valence-electron chi connectivity index (χ4n) is 3.54. The van der Waals surface area contributed by atoms with Crippen LogP contribution in [0.3, 0.4) is 0 Å². The Labute approximate surface area is 185 Å². The standard InChI is InChI=1S/C24H24N2O4S/c1-29-20-13-12-18(15-21(20)30-19-5-2-3-6-19)26-23(27)16-8-10-17(11-9-16)25-24(28)22-7-4-14-31-22/h4,7-15,19H,2-3,5-6H2,1H3,(H,25,28)(H,26,27). The Bertz CT molecular complexity index is 1040. The molecule has 0 spiro atoms. The first-order chi connectivity index (χ1) is 15.1. The van der Waals surface area contributed by atoms with Gasteiger partial charge in [-0.3, -0.25) is 9.59 Å². The smallest absolute Gasteiger partial charge is 0.265 e. The van der Waals surface area contributed by atoms with Crippen molar-refractivity contribution in [1.82, 2.24) is 0 Å². The zero-order chi connectivity index (χ0) is 21.6. The molecule has 1 aliphatic carbocycles. The zero-order valence-electron chi connectivity index (χ0n) is 17.2. The van der Waals surface area contributed by atoms with Gasteiger partial charge >= 0.3 is 0 Å². The molecule has 1 saturated carbocycles. The number of amides is 2. The highest BCUT2D eigenvalue weighted by molar-refractivity contribution is 7.12. The average Bonchev–Trinajstić information content (AvgIpc) is 3.49. The van der Waals surface area contributed by atoms with Crippen LogP contribution < -0.4 is 20.1 Å². The van der Waals surface area contributed by atoms with Crippen LogP contribution in [0, 0.1) is 0 Å². The SMILES string of the molecule is COc1ccc(NC(=O)c2ccc(NC(=O)c3cccs3)cc2)cc1OC1CCCC1. The summed E-state index contributed by atoms with van der Waals surface area (Å²) in [6, 6.07) is 15.8. The Morgan fingerprint density at radius 2 is 1.61 bits per heavy atom. The Hall–Kier alpha value is -3.32. The molecule has 160 valence electrons. The lowest BCUT2D eigenvalue weighted by atomic mass is 10.2. The van der Waals surface area contributed by atoms with Crippen LogP contribution in [-0.2, 0) is 0 Å². The molecule has 4 rings (SSSR count). The van der Waals surface area contributed by atoms with E-state index in [2.05, 4.69) is 10.6 Å². The number of anilines is 2. The van der Waals surface area contributed by atoms with Crippen molar-refractivity contribution in [2.45, 2.75) is 31.8 Å². The molecule has 31 heavy (non-hydrogen) atoms. The van der Waals surface area contributed by atoms with Crippen molar-refractivity contribution in [2.75, 3.05) is 17.7 Å². The van der Waals surface area contributed by atoms with Gasteiger partial charge in [-0.15, -0.1) is 11.3 Å². The molecule has 0 atom stereocenters. The van der Waals surface area contributed by atoms with Crippen LogP contribution in [0.2, 0.25) is 0 Å². The number of hydrogen-bond donors (Lipinski definition) is 2. The lowest BCUT2D eigenvalue weighted by molar-refractivity contribution is 0.102. The van der Waals surface area contributed by atoms with Crippen LogP contribution in [-0.4, -0.2) is 25.0 Å². The van der Waals surface area contributed by atoms with Gasteiger partial charge < -0.3 is 20.1 Å². The minimum Gasteiger partial charge on any atom is -0.493 e. The van der Waals surface area contributed by atoms with E-state index in [1.807, 2.05) is 11.4 Å². The molecule has 1 aliphatic rings. The molecule has 0 aliphatic heterocycles. The van der Waals surface area contributed by atoms with Crippen LogP contribution in [0.1, 0.15) is 45.7 Å². The third-order valence-electron chi connectivity index (χ3n) is 5.17. The fraction of sp³-hybridized carbons (Fsp3) is 0.250. The molecule has 7 heteroatoms. The van der Waals surface area contributed by atoms with Gasteiger partial charge in [0, 0.05) is 23.0 Å². The van der Waals surface area contributed by atoms with Gasteiger partial charge in [0.05, 0.1) is 18.1 Å². The maximum Gasteiger partial charge on any atom is 0.265 e. The maximum atomic E-state index is 12.7. The molecular formula is C24H24N2O4S. The number of thiophene rings is 1. The van der Waals surface area contributed by atoms with Gasteiger partial charge in [-0.25, -0.2) is 0 Å². The van der Waals surface area contributed by atoms with Gasteiger partial charge in [0.1, 0.15) is 0 Å². The number of carbonyl (C=O) groups is 2. The van der Waals surface area contributed by atoms with Crippen molar-refractivity contribution in [2.24, 2.45) is 0 Å². The second kappa shape index (κ2) is 9.66. The molecule has 2 amide bonds. The van der Waals surface area contributed by atoms with E-state index in [1.165, 1.54) is 24.2 Å². The highest BCUT2D eigenvalue weighted by atomic mass is 32.1.